The quantitative estimate of drug-likeness (QED) is 0.836. The minimum absolute atomic E-state index is 0.0635. The smallest absolute Gasteiger partial charge is 0.340 e. The number of nitrogens with zero attached hydrogens (tertiary/aromatic N) is 2. The first-order valence-electron chi connectivity index (χ1n) is 5.78. The monoisotopic (exact) mass is 282 g/mol. The summed E-state index contributed by atoms with van der Waals surface area (Å²) in [5.74, 6) is -1.91. The number of carbonyl (C=O) groups is 3. The van der Waals surface area contributed by atoms with E-state index in [-0.39, 0.29) is 40.6 Å². The van der Waals surface area contributed by atoms with E-state index in [9.17, 15) is 14.4 Å². The normalized spacial score (nSPS) is 18.8. The Morgan fingerprint density at radius 2 is 1.84 bits per heavy atom. The number of aromatic nitrogens is 1. The van der Waals surface area contributed by atoms with Gasteiger partial charge in [-0.15, -0.1) is 0 Å². The van der Waals surface area contributed by atoms with Gasteiger partial charge in [-0.05, 0) is 23.9 Å². The van der Waals surface area contributed by atoms with Crippen molar-refractivity contribution in [1.29, 1.82) is 0 Å². The Labute approximate surface area is 114 Å². The second kappa shape index (κ2) is 4.41. The number of amides is 2. The second-order valence-electron chi connectivity index (χ2n) is 5.39. The molecule has 1 aromatic rings. The van der Waals surface area contributed by atoms with E-state index in [1.807, 2.05) is 13.8 Å². The average Bonchev–Trinajstić information content (AvgIpc) is 2.57. The van der Waals surface area contributed by atoms with Crippen LogP contribution in [0.4, 0.5) is 5.00 Å². The SMILES string of the molecule is Cc1nsc(N2C(=O)CC(C)(C)CC2=O)c1C(=O)O. The largest absolute Gasteiger partial charge is 0.478 e. The van der Waals surface area contributed by atoms with Crippen molar-refractivity contribution in [1.82, 2.24) is 4.37 Å². The molecule has 1 aliphatic rings. The second-order valence-corrected chi connectivity index (χ2v) is 6.15. The highest BCUT2D eigenvalue weighted by Crippen LogP contribution is 2.37. The van der Waals surface area contributed by atoms with E-state index in [4.69, 9.17) is 5.11 Å². The summed E-state index contributed by atoms with van der Waals surface area (Å²) in [5.41, 5.74) is -0.127. The van der Waals surface area contributed by atoms with Crippen molar-refractivity contribution < 1.29 is 19.5 Å². The topological polar surface area (TPSA) is 87.6 Å². The van der Waals surface area contributed by atoms with Crippen molar-refractivity contribution in [3.8, 4) is 0 Å². The number of imide groups is 1. The van der Waals surface area contributed by atoms with Crippen molar-refractivity contribution in [3.63, 3.8) is 0 Å². The van der Waals surface area contributed by atoms with Gasteiger partial charge in [0.25, 0.3) is 0 Å². The summed E-state index contributed by atoms with van der Waals surface area (Å²) in [6.07, 6.45) is 0.434. The first-order valence-corrected chi connectivity index (χ1v) is 6.55. The molecule has 1 aromatic heterocycles. The molecule has 0 saturated carbocycles. The molecule has 1 N–H and O–H groups in total. The fourth-order valence-electron chi connectivity index (χ4n) is 2.16. The Morgan fingerprint density at radius 3 is 2.32 bits per heavy atom. The van der Waals surface area contributed by atoms with E-state index in [0.29, 0.717) is 5.69 Å². The molecular formula is C12H14N2O4S. The van der Waals surface area contributed by atoms with Gasteiger partial charge in [0.2, 0.25) is 11.8 Å². The molecule has 1 saturated heterocycles. The molecular weight excluding hydrogens is 268 g/mol. The molecule has 0 atom stereocenters. The molecule has 2 rings (SSSR count). The Balaban J connectivity index is 2.45. The summed E-state index contributed by atoms with van der Waals surface area (Å²) < 4.78 is 3.93. The lowest BCUT2D eigenvalue weighted by Crippen LogP contribution is -2.46. The lowest BCUT2D eigenvalue weighted by atomic mass is 9.82. The highest BCUT2D eigenvalue weighted by Gasteiger charge is 2.40. The molecule has 7 heteroatoms. The van der Waals surface area contributed by atoms with Gasteiger partial charge in [-0.1, -0.05) is 13.8 Å². The van der Waals surface area contributed by atoms with Crippen LogP contribution in [0.2, 0.25) is 0 Å². The van der Waals surface area contributed by atoms with Gasteiger partial charge in [0, 0.05) is 12.8 Å². The van der Waals surface area contributed by atoms with Crippen molar-refractivity contribution in [2.24, 2.45) is 5.41 Å². The summed E-state index contributed by atoms with van der Waals surface area (Å²) in [6.45, 7) is 5.23. The number of rotatable bonds is 2. The molecule has 0 aromatic carbocycles. The zero-order valence-corrected chi connectivity index (χ0v) is 11.7. The number of carboxylic acids is 1. The molecule has 1 aliphatic heterocycles. The molecule has 0 bridgehead atoms. The van der Waals surface area contributed by atoms with Crippen molar-refractivity contribution in [2.75, 3.05) is 4.90 Å². The maximum absolute atomic E-state index is 12.1. The number of hydrogen-bond acceptors (Lipinski definition) is 5. The van der Waals surface area contributed by atoms with Gasteiger partial charge in [0.05, 0.1) is 5.69 Å². The average molecular weight is 282 g/mol. The Morgan fingerprint density at radius 1 is 1.32 bits per heavy atom. The predicted octanol–water partition coefficient (Wildman–Crippen LogP) is 1.83. The number of carbonyl (C=O) groups excluding carboxylic acids is 2. The van der Waals surface area contributed by atoms with Crippen LogP contribution in [-0.2, 0) is 9.59 Å². The standard InChI is InChI=1S/C12H14N2O4S/c1-6-9(11(17)18)10(19-13-6)14-7(15)4-12(2,3)5-8(14)16/h4-5H2,1-3H3,(H,17,18). The van der Waals surface area contributed by atoms with E-state index >= 15 is 0 Å². The Kier molecular flexibility index (Phi) is 3.17. The van der Waals surface area contributed by atoms with Crippen LogP contribution < -0.4 is 4.90 Å². The Bertz CT molecular complexity index is 556. The number of anilines is 1. The van der Waals surface area contributed by atoms with Gasteiger partial charge >= 0.3 is 5.97 Å². The van der Waals surface area contributed by atoms with Crippen molar-refractivity contribution in [3.05, 3.63) is 11.3 Å². The van der Waals surface area contributed by atoms with Gasteiger partial charge in [-0.25, -0.2) is 9.69 Å². The van der Waals surface area contributed by atoms with E-state index in [2.05, 4.69) is 4.37 Å². The third-order valence-electron chi connectivity index (χ3n) is 3.02. The number of hydrogen-bond donors (Lipinski definition) is 1. The molecule has 19 heavy (non-hydrogen) atoms. The van der Waals surface area contributed by atoms with Crippen LogP contribution in [0, 0.1) is 12.3 Å². The molecule has 0 spiro atoms. The zero-order valence-electron chi connectivity index (χ0n) is 10.9. The van der Waals surface area contributed by atoms with Gasteiger partial charge in [0.15, 0.2) is 0 Å². The summed E-state index contributed by atoms with van der Waals surface area (Å²) in [7, 11) is 0. The number of aromatic carboxylic acids is 1. The van der Waals surface area contributed by atoms with Crippen LogP contribution >= 0.6 is 11.5 Å². The zero-order chi connectivity index (χ0) is 14.4. The fourth-order valence-corrected chi connectivity index (χ4v) is 3.09. The lowest BCUT2D eigenvalue weighted by molar-refractivity contribution is -0.132. The van der Waals surface area contributed by atoms with E-state index < -0.39 is 5.97 Å². The third kappa shape index (κ3) is 2.37. The molecule has 0 radical (unpaired) electrons. The number of piperidine rings is 1. The minimum Gasteiger partial charge on any atom is -0.478 e. The molecule has 102 valence electrons. The number of aryl methyl sites for hydroxylation is 1. The summed E-state index contributed by atoms with van der Waals surface area (Å²) in [4.78, 5) is 36.4. The summed E-state index contributed by atoms with van der Waals surface area (Å²) in [5, 5.41) is 9.28. The van der Waals surface area contributed by atoms with Crippen LogP contribution in [0.25, 0.3) is 0 Å². The van der Waals surface area contributed by atoms with E-state index in [1.54, 1.807) is 6.92 Å². The van der Waals surface area contributed by atoms with E-state index in [0.717, 1.165) is 16.4 Å². The molecule has 6 nitrogen and oxygen atoms in total. The van der Waals surface area contributed by atoms with Crippen molar-refractivity contribution in [2.45, 2.75) is 33.6 Å². The molecule has 0 unspecified atom stereocenters. The first-order chi connectivity index (χ1) is 8.73. The molecule has 2 heterocycles. The molecule has 1 fully saturated rings. The van der Waals surface area contributed by atoms with Crippen LogP contribution in [0.5, 0.6) is 0 Å². The predicted molar refractivity (Wildman–Crippen MR) is 69.3 cm³/mol. The van der Waals surface area contributed by atoms with Gasteiger partial charge in [-0.2, -0.15) is 4.37 Å². The van der Waals surface area contributed by atoms with E-state index in [1.165, 1.54) is 0 Å². The van der Waals surface area contributed by atoms with Gasteiger partial charge < -0.3 is 5.11 Å². The van der Waals surface area contributed by atoms with Crippen LogP contribution in [0.1, 0.15) is 42.7 Å². The number of carboxylic acid groups (broad SMARTS) is 1. The Hall–Kier alpha value is -1.76. The van der Waals surface area contributed by atoms with Crippen LogP contribution in [0.15, 0.2) is 0 Å². The maximum atomic E-state index is 12.1. The molecule has 0 aliphatic carbocycles. The van der Waals surface area contributed by atoms with Gasteiger partial charge in [-0.3, -0.25) is 9.59 Å². The lowest BCUT2D eigenvalue weighted by Gasteiger charge is -2.33. The highest BCUT2D eigenvalue weighted by molar-refractivity contribution is 7.11. The third-order valence-corrected chi connectivity index (χ3v) is 3.94. The summed E-state index contributed by atoms with van der Waals surface area (Å²) >= 11 is 0.872. The summed E-state index contributed by atoms with van der Waals surface area (Å²) in [6, 6.07) is 0. The van der Waals surface area contributed by atoms with Crippen LogP contribution in [0.3, 0.4) is 0 Å². The fraction of sp³-hybridized carbons (Fsp3) is 0.500. The maximum Gasteiger partial charge on any atom is 0.340 e. The minimum atomic E-state index is -1.17. The first kappa shape index (κ1) is 13.7. The van der Waals surface area contributed by atoms with Crippen LogP contribution in [-0.4, -0.2) is 27.3 Å². The van der Waals surface area contributed by atoms with Crippen molar-refractivity contribution >= 4 is 34.3 Å². The molecule has 2 amide bonds. The van der Waals surface area contributed by atoms with Gasteiger partial charge in [0.1, 0.15) is 10.6 Å². The highest BCUT2D eigenvalue weighted by atomic mass is 32.1.